The highest BCUT2D eigenvalue weighted by Crippen LogP contribution is 2.30. The number of thiophene rings is 1. The number of hydrogen-bond donors (Lipinski definition) is 1. The van der Waals surface area contributed by atoms with E-state index in [4.69, 9.17) is 0 Å². The van der Waals surface area contributed by atoms with Crippen molar-refractivity contribution in [3.8, 4) is 10.6 Å². The Kier molecular flexibility index (Phi) is 4.31. The normalized spacial score (nSPS) is 12.5. The molecule has 0 unspecified atom stereocenters. The lowest BCUT2D eigenvalue weighted by Gasteiger charge is -2.08. The summed E-state index contributed by atoms with van der Waals surface area (Å²) in [6, 6.07) is 3.72. The minimum absolute atomic E-state index is 0.108. The van der Waals surface area contributed by atoms with Crippen LogP contribution in [0.1, 0.15) is 33.7 Å². The average Bonchev–Trinajstić information content (AvgIpc) is 2.96. The van der Waals surface area contributed by atoms with Gasteiger partial charge in [-0.05, 0) is 39.1 Å². The van der Waals surface area contributed by atoms with Gasteiger partial charge in [0.15, 0.2) is 0 Å². The summed E-state index contributed by atoms with van der Waals surface area (Å²) in [6.45, 7) is 7.54. The van der Waals surface area contributed by atoms with Crippen LogP contribution in [0.4, 0.5) is 0 Å². The third-order valence-electron chi connectivity index (χ3n) is 2.66. The molecule has 0 amide bonds. The first-order valence-corrected chi connectivity index (χ1v) is 8.83. The van der Waals surface area contributed by atoms with E-state index >= 15 is 0 Å². The molecular weight excluding hydrogens is 294 g/mol. The van der Waals surface area contributed by atoms with Crippen LogP contribution in [0.2, 0.25) is 0 Å². The van der Waals surface area contributed by atoms with Crippen molar-refractivity contribution in [2.75, 3.05) is 0 Å². The number of rotatable bonds is 5. The van der Waals surface area contributed by atoms with Crippen LogP contribution < -0.4 is 4.72 Å². The molecule has 7 heteroatoms. The molecule has 2 aromatic heterocycles. The van der Waals surface area contributed by atoms with Crippen LogP contribution in [-0.4, -0.2) is 24.2 Å². The van der Waals surface area contributed by atoms with E-state index in [1.807, 2.05) is 31.4 Å². The summed E-state index contributed by atoms with van der Waals surface area (Å²) in [5.74, 6) is 0. The molecule has 0 atom stereocenters. The van der Waals surface area contributed by atoms with E-state index in [1.54, 1.807) is 24.7 Å². The SMILES string of the molecule is CC(C)NS(=O)(=O)c1cn(C(C)C)nc1-c1cccs1. The topological polar surface area (TPSA) is 64.0 Å². The fraction of sp³-hybridized carbons (Fsp3) is 0.462. The van der Waals surface area contributed by atoms with E-state index in [2.05, 4.69) is 9.82 Å². The van der Waals surface area contributed by atoms with Gasteiger partial charge in [-0.25, -0.2) is 13.1 Å². The van der Waals surface area contributed by atoms with Crippen LogP contribution >= 0.6 is 11.3 Å². The molecule has 0 saturated carbocycles. The van der Waals surface area contributed by atoms with Gasteiger partial charge in [0.2, 0.25) is 10.0 Å². The minimum Gasteiger partial charge on any atom is -0.268 e. The van der Waals surface area contributed by atoms with Crippen LogP contribution in [0.5, 0.6) is 0 Å². The zero-order chi connectivity index (χ0) is 14.9. The Morgan fingerprint density at radius 1 is 1.30 bits per heavy atom. The van der Waals surface area contributed by atoms with Gasteiger partial charge in [0.25, 0.3) is 0 Å². The molecule has 2 heterocycles. The molecule has 2 rings (SSSR count). The number of aromatic nitrogens is 2. The summed E-state index contributed by atoms with van der Waals surface area (Å²) in [6.07, 6.45) is 1.60. The first kappa shape index (κ1) is 15.2. The zero-order valence-corrected chi connectivity index (χ0v) is 13.6. The molecule has 110 valence electrons. The van der Waals surface area contributed by atoms with E-state index < -0.39 is 10.0 Å². The molecule has 0 fully saturated rings. The number of hydrogen-bond acceptors (Lipinski definition) is 4. The van der Waals surface area contributed by atoms with Gasteiger partial charge in [-0.1, -0.05) is 6.07 Å². The summed E-state index contributed by atoms with van der Waals surface area (Å²) < 4.78 is 29.2. The second-order valence-electron chi connectivity index (χ2n) is 5.17. The maximum Gasteiger partial charge on any atom is 0.244 e. The largest absolute Gasteiger partial charge is 0.268 e. The fourth-order valence-electron chi connectivity index (χ4n) is 1.79. The molecule has 20 heavy (non-hydrogen) atoms. The van der Waals surface area contributed by atoms with Crippen LogP contribution in [-0.2, 0) is 10.0 Å². The van der Waals surface area contributed by atoms with E-state index in [-0.39, 0.29) is 17.0 Å². The second-order valence-corrected chi connectivity index (χ2v) is 7.80. The highest BCUT2D eigenvalue weighted by molar-refractivity contribution is 7.89. The minimum atomic E-state index is -3.56. The predicted octanol–water partition coefficient (Wildman–Crippen LogP) is 2.88. The summed E-state index contributed by atoms with van der Waals surface area (Å²) >= 11 is 1.48. The molecule has 0 aliphatic carbocycles. The van der Waals surface area contributed by atoms with Gasteiger partial charge in [0.05, 0.1) is 4.88 Å². The third-order valence-corrected chi connectivity index (χ3v) is 5.20. The Labute approximate surface area is 123 Å². The summed E-state index contributed by atoms with van der Waals surface area (Å²) in [4.78, 5) is 1.09. The number of nitrogens with zero attached hydrogens (tertiary/aromatic N) is 2. The molecule has 0 radical (unpaired) electrons. The molecule has 0 bridgehead atoms. The van der Waals surface area contributed by atoms with E-state index in [9.17, 15) is 8.42 Å². The molecule has 0 saturated heterocycles. The Balaban J connectivity index is 2.57. The lowest BCUT2D eigenvalue weighted by Crippen LogP contribution is -2.30. The summed E-state index contributed by atoms with van der Waals surface area (Å²) in [5, 5.41) is 6.35. The van der Waals surface area contributed by atoms with Crippen molar-refractivity contribution in [3.63, 3.8) is 0 Å². The zero-order valence-electron chi connectivity index (χ0n) is 12.0. The van der Waals surface area contributed by atoms with Gasteiger partial charge in [-0.3, -0.25) is 4.68 Å². The van der Waals surface area contributed by atoms with Crippen molar-refractivity contribution < 1.29 is 8.42 Å². The number of sulfonamides is 1. The smallest absolute Gasteiger partial charge is 0.244 e. The summed E-state index contributed by atoms with van der Waals surface area (Å²) in [7, 11) is -3.56. The molecule has 0 aliphatic heterocycles. The average molecular weight is 313 g/mol. The predicted molar refractivity (Wildman–Crippen MR) is 81.4 cm³/mol. The first-order chi connectivity index (χ1) is 9.31. The Morgan fingerprint density at radius 3 is 2.50 bits per heavy atom. The number of nitrogens with one attached hydrogen (secondary N) is 1. The van der Waals surface area contributed by atoms with Crippen LogP contribution in [0.25, 0.3) is 10.6 Å². The molecular formula is C13H19N3O2S2. The van der Waals surface area contributed by atoms with Gasteiger partial charge < -0.3 is 0 Å². The van der Waals surface area contributed by atoms with Crippen molar-refractivity contribution in [1.82, 2.24) is 14.5 Å². The van der Waals surface area contributed by atoms with Gasteiger partial charge >= 0.3 is 0 Å². The highest BCUT2D eigenvalue weighted by Gasteiger charge is 2.25. The standard InChI is InChI=1S/C13H19N3O2S2/c1-9(2)15-20(17,18)12-8-16(10(3)4)14-13(12)11-6-5-7-19-11/h5-10,15H,1-4H3. The highest BCUT2D eigenvalue weighted by atomic mass is 32.2. The lowest BCUT2D eigenvalue weighted by molar-refractivity contribution is 0.531. The van der Waals surface area contributed by atoms with Gasteiger partial charge in [-0.2, -0.15) is 5.10 Å². The molecule has 2 aromatic rings. The first-order valence-electron chi connectivity index (χ1n) is 6.46. The molecule has 0 aromatic carbocycles. The van der Waals surface area contributed by atoms with Gasteiger partial charge in [-0.15, -0.1) is 11.3 Å². The third kappa shape index (κ3) is 3.11. The quantitative estimate of drug-likeness (QED) is 0.923. The maximum absolute atomic E-state index is 12.4. The van der Waals surface area contributed by atoms with Crippen molar-refractivity contribution in [1.29, 1.82) is 0 Å². The van der Waals surface area contributed by atoms with E-state index in [1.165, 1.54) is 11.3 Å². The van der Waals surface area contributed by atoms with Crippen LogP contribution in [0.15, 0.2) is 28.6 Å². The van der Waals surface area contributed by atoms with Crippen molar-refractivity contribution in [2.24, 2.45) is 0 Å². The Hall–Kier alpha value is -1.18. The van der Waals surface area contributed by atoms with Gasteiger partial charge in [0, 0.05) is 18.3 Å². The lowest BCUT2D eigenvalue weighted by atomic mass is 10.3. The fourth-order valence-corrected chi connectivity index (χ4v) is 3.98. The van der Waals surface area contributed by atoms with Gasteiger partial charge in [0.1, 0.15) is 10.6 Å². The molecule has 1 N–H and O–H groups in total. The monoisotopic (exact) mass is 313 g/mol. The molecule has 5 nitrogen and oxygen atoms in total. The van der Waals surface area contributed by atoms with Crippen molar-refractivity contribution >= 4 is 21.4 Å². The van der Waals surface area contributed by atoms with E-state index in [0.29, 0.717) is 5.69 Å². The Bertz CT molecular complexity index is 671. The Morgan fingerprint density at radius 2 is 2.00 bits per heavy atom. The van der Waals surface area contributed by atoms with Crippen LogP contribution in [0.3, 0.4) is 0 Å². The second kappa shape index (κ2) is 5.67. The maximum atomic E-state index is 12.4. The molecule has 0 aliphatic rings. The van der Waals surface area contributed by atoms with Crippen LogP contribution in [0, 0.1) is 0 Å². The van der Waals surface area contributed by atoms with E-state index in [0.717, 1.165) is 4.88 Å². The van der Waals surface area contributed by atoms with Crippen molar-refractivity contribution in [3.05, 3.63) is 23.7 Å². The summed E-state index contributed by atoms with van der Waals surface area (Å²) in [5.41, 5.74) is 0.516. The molecule has 0 spiro atoms. The van der Waals surface area contributed by atoms with Crippen molar-refractivity contribution in [2.45, 2.75) is 44.7 Å².